The number of carbonyl (C=O) groups is 1. The van der Waals surface area contributed by atoms with E-state index >= 15 is 0 Å². The van der Waals surface area contributed by atoms with Crippen molar-refractivity contribution in [3.05, 3.63) is 197 Å². The Bertz CT molecular complexity index is 2430. The monoisotopic (exact) mass is 823 g/mol. The van der Waals surface area contributed by atoms with Crippen molar-refractivity contribution < 1.29 is 27.8 Å². The molecule has 0 aliphatic carbocycles. The molecule has 6 aromatic rings. The van der Waals surface area contributed by atoms with Crippen molar-refractivity contribution in [1.29, 1.82) is 0 Å². The van der Waals surface area contributed by atoms with Gasteiger partial charge in [0, 0.05) is 31.1 Å². The van der Waals surface area contributed by atoms with Crippen molar-refractivity contribution in [3.63, 3.8) is 0 Å². The highest BCUT2D eigenvalue weighted by Gasteiger charge is 2.39. The number of benzene rings is 6. The van der Waals surface area contributed by atoms with Gasteiger partial charge in [-0.2, -0.15) is 4.72 Å². The molecule has 1 heterocycles. The molecule has 1 amide bonds. The average Bonchev–Trinajstić information content (AvgIpc) is 3.27. The van der Waals surface area contributed by atoms with E-state index in [2.05, 4.69) is 59.2 Å². The first kappa shape index (κ1) is 42.7. The summed E-state index contributed by atoms with van der Waals surface area (Å²) < 4.78 is 43.1. The zero-order valence-electron chi connectivity index (χ0n) is 34.3. The van der Waals surface area contributed by atoms with Crippen LogP contribution in [0.2, 0.25) is 0 Å². The molecule has 0 bridgehead atoms. The third-order valence-corrected chi connectivity index (χ3v) is 12.5. The maximum absolute atomic E-state index is 13.7. The number of aliphatic hydroxyl groups excluding tert-OH is 1. The fourth-order valence-electron chi connectivity index (χ4n) is 7.64. The van der Waals surface area contributed by atoms with E-state index < -0.39 is 28.3 Å². The van der Waals surface area contributed by atoms with Gasteiger partial charge in [-0.1, -0.05) is 146 Å². The summed E-state index contributed by atoms with van der Waals surface area (Å²) in [7, 11) is -1.86. The number of nitrogens with zero attached hydrogens (tertiary/aromatic N) is 1. The molecule has 0 aromatic heterocycles. The molecule has 10 heteroatoms. The Balaban J connectivity index is 1.08. The third kappa shape index (κ3) is 11.0. The minimum Gasteiger partial charge on any atom is -0.392 e. The Morgan fingerprint density at radius 1 is 0.717 bits per heavy atom. The van der Waals surface area contributed by atoms with Crippen molar-refractivity contribution in [2.24, 2.45) is 5.92 Å². The SMILES string of the molecule is Cc1ccc(S(=O)(=O)N[C@H](Cc2ccccc2)C(=O)NCc2cccc(-c3cccc([C@H]4O[C@@H](CN(C)Cc5ccccc5)[C@@H](C)[C@@H](c5ccc(CO)cc5)O4)c3)c2)cc1. The van der Waals surface area contributed by atoms with E-state index in [-0.39, 0.29) is 42.6 Å². The van der Waals surface area contributed by atoms with Crippen molar-refractivity contribution in [3.8, 4) is 11.1 Å². The summed E-state index contributed by atoms with van der Waals surface area (Å²) in [6, 6.07) is 49.3. The summed E-state index contributed by atoms with van der Waals surface area (Å²) in [5.41, 5.74) is 8.54. The van der Waals surface area contributed by atoms with E-state index in [9.17, 15) is 18.3 Å². The minimum atomic E-state index is -3.97. The van der Waals surface area contributed by atoms with Gasteiger partial charge in [-0.15, -0.1) is 0 Å². The Morgan fingerprint density at radius 2 is 1.35 bits per heavy atom. The van der Waals surface area contributed by atoms with Crippen molar-refractivity contribution in [1.82, 2.24) is 14.9 Å². The number of nitrogens with one attached hydrogen (secondary N) is 2. The molecule has 1 aliphatic rings. The molecular weight excluding hydrogens is 771 g/mol. The number of carbonyl (C=O) groups excluding carboxylic acids is 1. The highest BCUT2D eigenvalue weighted by atomic mass is 32.2. The van der Waals surface area contributed by atoms with E-state index in [1.807, 2.05) is 110 Å². The van der Waals surface area contributed by atoms with Crippen LogP contribution in [0.3, 0.4) is 0 Å². The quantitative estimate of drug-likeness (QED) is 0.0900. The summed E-state index contributed by atoms with van der Waals surface area (Å²) in [4.78, 5) is 16.1. The third-order valence-electron chi connectivity index (χ3n) is 11.0. The minimum absolute atomic E-state index is 0.0226. The van der Waals surface area contributed by atoms with Crippen molar-refractivity contribution in [2.45, 2.75) is 69.4 Å². The lowest BCUT2D eigenvalue weighted by Gasteiger charge is -2.42. The van der Waals surface area contributed by atoms with Crippen LogP contribution in [0.4, 0.5) is 0 Å². The van der Waals surface area contributed by atoms with Gasteiger partial charge in [0.2, 0.25) is 15.9 Å². The summed E-state index contributed by atoms with van der Waals surface area (Å²) in [6.45, 7) is 5.73. The first-order valence-corrected chi connectivity index (χ1v) is 21.9. The zero-order valence-corrected chi connectivity index (χ0v) is 35.1. The Kier molecular flexibility index (Phi) is 14.0. The maximum atomic E-state index is 13.7. The van der Waals surface area contributed by atoms with Crippen LogP contribution in [0.1, 0.15) is 58.3 Å². The molecule has 0 spiro atoms. The Labute approximate surface area is 354 Å². The number of sulfonamides is 1. The summed E-state index contributed by atoms with van der Waals surface area (Å²) in [5, 5.41) is 12.7. The van der Waals surface area contributed by atoms with Crippen LogP contribution in [0.15, 0.2) is 163 Å². The Hall–Kier alpha value is -5.46. The van der Waals surface area contributed by atoms with Crippen LogP contribution in [0.25, 0.3) is 11.1 Å². The average molecular weight is 824 g/mol. The predicted octanol–water partition coefficient (Wildman–Crippen LogP) is 8.28. The van der Waals surface area contributed by atoms with Crippen LogP contribution in [-0.2, 0) is 50.4 Å². The largest absolute Gasteiger partial charge is 0.392 e. The number of aryl methyl sites for hydroxylation is 1. The van der Waals surface area contributed by atoms with Crippen LogP contribution in [0, 0.1) is 12.8 Å². The number of likely N-dealkylation sites (N-methyl/N-ethyl adjacent to an activating group) is 1. The second-order valence-corrected chi connectivity index (χ2v) is 17.4. The standard InChI is InChI=1S/C50H53N3O6S/c1-35-20-26-45(27-21-35)60(56,57)52-46(29-37-12-6-4-7-13-37)49(55)51-31-40-16-10-17-42(28-40)43-18-11-19-44(30-43)50-58-47(33-53(3)32-38-14-8-5-9-15-38)36(2)48(59-50)41-24-22-39(34-54)23-25-41/h4-28,30,36,46-48,50,52,54H,29,31-34H2,1-3H3,(H,51,55)/t36-,46-,47+,48+,50+/m1/s1. The van der Waals surface area contributed by atoms with Gasteiger partial charge in [-0.25, -0.2) is 8.42 Å². The van der Waals surface area contributed by atoms with E-state index in [1.165, 1.54) is 5.56 Å². The van der Waals surface area contributed by atoms with Gasteiger partial charge < -0.3 is 19.9 Å². The highest BCUT2D eigenvalue weighted by Crippen LogP contribution is 2.42. The number of hydrogen-bond acceptors (Lipinski definition) is 7. The van der Waals surface area contributed by atoms with Gasteiger partial charge in [0.05, 0.1) is 23.7 Å². The fourth-order valence-corrected chi connectivity index (χ4v) is 8.84. The lowest BCUT2D eigenvalue weighted by atomic mass is 9.90. The molecule has 0 saturated carbocycles. The van der Waals surface area contributed by atoms with Gasteiger partial charge in [0.25, 0.3) is 0 Å². The Morgan fingerprint density at radius 3 is 2.03 bits per heavy atom. The molecule has 310 valence electrons. The molecule has 6 aromatic carbocycles. The molecular formula is C50H53N3O6S. The van der Waals surface area contributed by atoms with Crippen LogP contribution in [-0.4, -0.2) is 50.1 Å². The summed E-state index contributed by atoms with van der Waals surface area (Å²) in [5.74, 6) is -0.382. The van der Waals surface area contributed by atoms with E-state index in [1.54, 1.807) is 24.3 Å². The number of hydrogen-bond donors (Lipinski definition) is 3. The normalized spacial score (nSPS) is 18.6. The summed E-state index contributed by atoms with van der Waals surface area (Å²) >= 11 is 0. The van der Waals surface area contributed by atoms with Gasteiger partial charge >= 0.3 is 0 Å². The second-order valence-electron chi connectivity index (χ2n) is 15.7. The molecule has 1 fully saturated rings. The van der Waals surface area contributed by atoms with Gasteiger partial charge in [0.1, 0.15) is 6.04 Å². The molecule has 7 rings (SSSR count). The number of aliphatic hydroxyl groups is 1. The van der Waals surface area contributed by atoms with Crippen molar-refractivity contribution in [2.75, 3.05) is 13.6 Å². The molecule has 60 heavy (non-hydrogen) atoms. The van der Waals surface area contributed by atoms with Gasteiger partial charge in [-0.3, -0.25) is 9.69 Å². The molecule has 0 radical (unpaired) electrons. The first-order valence-electron chi connectivity index (χ1n) is 20.4. The molecule has 3 N–H and O–H groups in total. The fraction of sp³-hybridized carbons (Fsp3) is 0.260. The van der Waals surface area contributed by atoms with Gasteiger partial charge in [-0.05, 0) is 83.6 Å². The number of ether oxygens (including phenoxy) is 2. The van der Waals surface area contributed by atoms with E-state index in [4.69, 9.17) is 9.47 Å². The molecule has 9 nitrogen and oxygen atoms in total. The molecule has 1 saturated heterocycles. The molecule has 1 aliphatic heterocycles. The molecule has 0 unspecified atom stereocenters. The van der Waals surface area contributed by atoms with Crippen molar-refractivity contribution >= 4 is 15.9 Å². The lowest BCUT2D eigenvalue weighted by molar-refractivity contribution is -0.276. The topological polar surface area (TPSA) is 117 Å². The highest BCUT2D eigenvalue weighted by molar-refractivity contribution is 7.89. The maximum Gasteiger partial charge on any atom is 0.241 e. The van der Waals surface area contributed by atoms with Crippen LogP contribution < -0.4 is 10.0 Å². The van der Waals surface area contributed by atoms with Gasteiger partial charge in [0.15, 0.2) is 6.29 Å². The first-order chi connectivity index (χ1) is 29.0. The van der Waals surface area contributed by atoms with E-state index in [0.717, 1.165) is 51.1 Å². The second kappa shape index (κ2) is 19.7. The van der Waals surface area contributed by atoms with Crippen LogP contribution in [0.5, 0.6) is 0 Å². The molecule has 5 atom stereocenters. The lowest BCUT2D eigenvalue weighted by Crippen LogP contribution is -2.47. The smallest absolute Gasteiger partial charge is 0.241 e. The van der Waals surface area contributed by atoms with Crippen LogP contribution >= 0.6 is 0 Å². The number of amides is 1. The van der Waals surface area contributed by atoms with E-state index in [0.29, 0.717) is 6.54 Å². The summed E-state index contributed by atoms with van der Waals surface area (Å²) in [6.07, 6.45) is -0.823. The predicted molar refractivity (Wildman–Crippen MR) is 235 cm³/mol. The zero-order chi connectivity index (χ0) is 42.1. The number of rotatable bonds is 16.